The van der Waals surface area contributed by atoms with Gasteiger partial charge in [0.25, 0.3) is 0 Å². The summed E-state index contributed by atoms with van der Waals surface area (Å²) in [4.78, 5) is 3.21. The molecule has 0 bridgehead atoms. The number of hydroxylamine groups is 3. The van der Waals surface area contributed by atoms with Crippen LogP contribution in [0.5, 0.6) is 5.75 Å². The Labute approximate surface area is 132 Å². The Morgan fingerprint density at radius 3 is 2.36 bits per heavy atom. The van der Waals surface area contributed by atoms with Crippen LogP contribution in [0.1, 0.15) is 33.3 Å². The number of nitrogens with zero attached hydrogens (tertiary/aromatic N) is 1. The molecule has 0 atom stereocenters. The van der Waals surface area contributed by atoms with Crippen LogP contribution >= 0.6 is 0 Å². The molecule has 122 valence electrons. The van der Waals surface area contributed by atoms with Crippen molar-refractivity contribution >= 4 is 10.9 Å². The molecule has 0 aliphatic rings. The van der Waals surface area contributed by atoms with E-state index < -0.39 is 0 Å². The molecule has 0 saturated carbocycles. The molecule has 0 aliphatic carbocycles. The number of H-pyrrole nitrogens is 1. The van der Waals surface area contributed by atoms with Gasteiger partial charge in [0.1, 0.15) is 5.75 Å². The summed E-state index contributed by atoms with van der Waals surface area (Å²) in [6.45, 7) is 10.3. The first-order chi connectivity index (χ1) is 10.3. The largest absolute Gasteiger partial charge is 0.633 e. The van der Waals surface area contributed by atoms with E-state index in [1.807, 2.05) is 12.3 Å². The molecule has 0 fully saturated rings. The second kappa shape index (κ2) is 6.71. The summed E-state index contributed by atoms with van der Waals surface area (Å²) in [5.74, 6) is 1.05. The van der Waals surface area contributed by atoms with Crippen molar-refractivity contribution in [1.29, 1.82) is 0 Å². The van der Waals surface area contributed by atoms with Gasteiger partial charge in [-0.1, -0.05) is 27.7 Å². The van der Waals surface area contributed by atoms with E-state index in [1.165, 1.54) is 0 Å². The third-order valence-electron chi connectivity index (χ3n) is 3.94. The first kappa shape index (κ1) is 16.8. The molecule has 0 saturated heterocycles. The third-order valence-corrected chi connectivity index (χ3v) is 3.94. The first-order valence-electron chi connectivity index (χ1n) is 8.15. The van der Waals surface area contributed by atoms with Crippen LogP contribution < -0.4 is 0 Å². The highest BCUT2D eigenvalue weighted by Crippen LogP contribution is 2.24. The van der Waals surface area contributed by atoms with Gasteiger partial charge in [0.2, 0.25) is 0 Å². The van der Waals surface area contributed by atoms with Gasteiger partial charge in [-0.15, -0.1) is 0 Å². The molecular formula is C18H28N2O2. The summed E-state index contributed by atoms with van der Waals surface area (Å²) in [5, 5.41) is 23.8. The van der Waals surface area contributed by atoms with E-state index in [-0.39, 0.29) is 10.4 Å². The molecule has 2 rings (SSSR count). The number of phenolic OH excluding ortho intramolecular Hbond substituents is 1. The van der Waals surface area contributed by atoms with E-state index in [0.717, 1.165) is 22.9 Å². The molecule has 0 spiro atoms. The van der Waals surface area contributed by atoms with Crippen LogP contribution in [0.4, 0.5) is 0 Å². The Morgan fingerprint density at radius 1 is 1.14 bits per heavy atom. The molecule has 0 aliphatic heterocycles. The Kier molecular flexibility index (Phi) is 5.14. The monoisotopic (exact) mass is 304 g/mol. The molecule has 2 aromatic rings. The SMILES string of the molecule is CC(C)C[N+]([O-])(CCc1c[nH]c2ccc(O)cc12)CC(C)C. The lowest BCUT2D eigenvalue weighted by atomic mass is 10.1. The Hall–Kier alpha value is -1.52. The quantitative estimate of drug-likeness (QED) is 0.599. The molecule has 0 unspecified atom stereocenters. The number of aromatic amines is 1. The smallest absolute Gasteiger partial charge is 0.116 e. The fourth-order valence-electron chi connectivity index (χ4n) is 3.29. The van der Waals surface area contributed by atoms with Crippen LogP contribution in [0, 0.1) is 17.0 Å². The summed E-state index contributed by atoms with van der Waals surface area (Å²) in [7, 11) is 0. The minimum absolute atomic E-state index is 0.138. The van der Waals surface area contributed by atoms with Gasteiger partial charge in [-0.05, 0) is 23.8 Å². The highest BCUT2D eigenvalue weighted by molar-refractivity contribution is 5.84. The van der Waals surface area contributed by atoms with Crippen molar-refractivity contribution in [1.82, 2.24) is 4.98 Å². The van der Waals surface area contributed by atoms with Crippen LogP contribution in [0.15, 0.2) is 24.4 Å². The molecule has 22 heavy (non-hydrogen) atoms. The van der Waals surface area contributed by atoms with E-state index >= 15 is 0 Å². The van der Waals surface area contributed by atoms with Gasteiger partial charge in [-0.3, -0.25) is 0 Å². The average molecular weight is 304 g/mol. The number of aromatic hydroxyl groups is 1. The van der Waals surface area contributed by atoms with Gasteiger partial charge < -0.3 is 19.9 Å². The predicted molar refractivity (Wildman–Crippen MR) is 91.6 cm³/mol. The molecule has 2 N–H and O–H groups in total. The second-order valence-electron chi connectivity index (χ2n) is 7.23. The maximum absolute atomic E-state index is 13.1. The third kappa shape index (κ3) is 4.24. The van der Waals surface area contributed by atoms with Gasteiger partial charge in [0.05, 0.1) is 19.6 Å². The van der Waals surface area contributed by atoms with Gasteiger partial charge in [0, 0.05) is 35.4 Å². The summed E-state index contributed by atoms with van der Waals surface area (Å²) in [5.41, 5.74) is 2.11. The summed E-state index contributed by atoms with van der Waals surface area (Å²) in [6.07, 6.45) is 2.69. The van der Waals surface area contributed by atoms with E-state index in [2.05, 4.69) is 32.7 Å². The van der Waals surface area contributed by atoms with Crippen LogP contribution in [-0.4, -0.2) is 34.4 Å². The molecule has 0 radical (unpaired) electrons. The van der Waals surface area contributed by atoms with Gasteiger partial charge >= 0.3 is 0 Å². The van der Waals surface area contributed by atoms with E-state index in [9.17, 15) is 10.3 Å². The van der Waals surface area contributed by atoms with E-state index in [0.29, 0.717) is 31.5 Å². The lowest BCUT2D eigenvalue weighted by Gasteiger charge is -2.45. The molecule has 4 nitrogen and oxygen atoms in total. The van der Waals surface area contributed by atoms with Crippen molar-refractivity contribution in [2.24, 2.45) is 11.8 Å². The fourth-order valence-corrected chi connectivity index (χ4v) is 3.29. The number of rotatable bonds is 7. The Balaban J connectivity index is 2.15. The van der Waals surface area contributed by atoms with Crippen molar-refractivity contribution in [2.75, 3.05) is 19.6 Å². The average Bonchev–Trinajstić information content (AvgIpc) is 2.76. The van der Waals surface area contributed by atoms with Crippen LogP contribution in [0.3, 0.4) is 0 Å². The fraction of sp³-hybridized carbons (Fsp3) is 0.556. The van der Waals surface area contributed by atoms with Crippen molar-refractivity contribution in [3.05, 3.63) is 35.2 Å². The number of aromatic nitrogens is 1. The molecular weight excluding hydrogens is 276 g/mol. The normalized spacial score (nSPS) is 12.7. The number of nitrogens with one attached hydrogen (secondary N) is 1. The van der Waals surface area contributed by atoms with E-state index in [4.69, 9.17) is 0 Å². The van der Waals surface area contributed by atoms with Crippen LogP contribution in [0.2, 0.25) is 0 Å². The van der Waals surface area contributed by atoms with Crippen molar-refractivity contribution in [3.63, 3.8) is 0 Å². The topological polar surface area (TPSA) is 59.1 Å². The summed E-state index contributed by atoms with van der Waals surface area (Å²) in [6, 6.07) is 5.31. The Bertz CT molecular complexity index is 607. The summed E-state index contributed by atoms with van der Waals surface area (Å²) >= 11 is 0. The highest BCUT2D eigenvalue weighted by Gasteiger charge is 2.21. The molecule has 1 aromatic carbocycles. The number of hydrogen-bond donors (Lipinski definition) is 2. The zero-order valence-corrected chi connectivity index (χ0v) is 14.1. The standard InChI is InChI=1S/C18H28N2O2/c1-13(2)11-20(22,12-14(3)4)8-7-15-10-19-18-6-5-16(21)9-17(15)18/h5-6,9-10,13-14,19,21H,7-8,11-12H2,1-4H3. The second-order valence-corrected chi connectivity index (χ2v) is 7.23. The minimum atomic E-state index is -0.138. The number of fused-ring (bicyclic) bond motifs is 1. The predicted octanol–water partition coefficient (Wildman–Crippen LogP) is 4.04. The zero-order valence-electron chi connectivity index (χ0n) is 14.1. The maximum atomic E-state index is 13.1. The first-order valence-corrected chi connectivity index (χ1v) is 8.15. The molecule has 0 amide bonds. The number of phenols is 1. The van der Waals surface area contributed by atoms with Gasteiger partial charge in [0.15, 0.2) is 0 Å². The molecule has 1 heterocycles. The number of quaternary nitrogens is 1. The van der Waals surface area contributed by atoms with Gasteiger partial charge in [-0.2, -0.15) is 0 Å². The zero-order chi connectivity index (χ0) is 16.3. The molecule has 4 heteroatoms. The minimum Gasteiger partial charge on any atom is -0.633 e. The van der Waals surface area contributed by atoms with Crippen molar-refractivity contribution in [3.8, 4) is 5.75 Å². The lowest BCUT2D eigenvalue weighted by molar-refractivity contribution is -0.886. The van der Waals surface area contributed by atoms with Crippen LogP contribution in [0.25, 0.3) is 10.9 Å². The highest BCUT2D eigenvalue weighted by atomic mass is 16.5. The summed E-state index contributed by atoms with van der Waals surface area (Å²) < 4.78 is -0.138. The van der Waals surface area contributed by atoms with Gasteiger partial charge in [-0.25, -0.2) is 0 Å². The maximum Gasteiger partial charge on any atom is 0.116 e. The van der Waals surface area contributed by atoms with Crippen LogP contribution in [-0.2, 0) is 6.42 Å². The Morgan fingerprint density at radius 2 is 1.77 bits per heavy atom. The number of hydrogen-bond acceptors (Lipinski definition) is 2. The number of benzene rings is 1. The van der Waals surface area contributed by atoms with Crippen molar-refractivity contribution in [2.45, 2.75) is 34.1 Å². The molecule has 1 aromatic heterocycles. The van der Waals surface area contributed by atoms with E-state index in [1.54, 1.807) is 12.1 Å². The lowest BCUT2D eigenvalue weighted by Crippen LogP contribution is -2.48. The van der Waals surface area contributed by atoms with Crippen molar-refractivity contribution < 1.29 is 9.75 Å².